The van der Waals surface area contributed by atoms with Gasteiger partial charge in [0.05, 0.1) is 11.8 Å². The molecule has 0 aliphatic rings. The second kappa shape index (κ2) is 6.44. The van der Waals surface area contributed by atoms with E-state index in [0.29, 0.717) is 11.2 Å². The Kier molecular flexibility index (Phi) is 4.47. The van der Waals surface area contributed by atoms with Gasteiger partial charge in [0.2, 0.25) is 0 Å². The lowest BCUT2D eigenvalue weighted by molar-refractivity contribution is 0.0946. The van der Waals surface area contributed by atoms with Crippen LogP contribution in [-0.2, 0) is 12.2 Å². The molecule has 25 heavy (non-hydrogen) atoms. The van der Waals surface area contributed by atoms with Gasteiger partial charge in [0, 0.05) is 18.3 Å². The second-order valence-electron chi connectivity index (χ2n) is 5.50. The van der Waals surface area contributed by atoms with Crippen LogP contribution in [0, 0.1) is 12.7 Å². The molecule has 1 atom stereocenters. The van der Waals surface area contributed by atoms with Gasteiger partial charge < -0.3 is 5.32 Å². The van der Waals surface area contributed by atoms with E-state index in [1.807, 2.05) is 0 Å². The molecule has 0 spiro atoms. The van der Waals surface area contributed by atoms with Crippen molar-refractivity contribution in [2.45, 2.75) is 19.1 Å². The third kappa shape index (κ3) is 3.64. The quantitative estimate of drug-likeness (QED) is 0.722. The van der Waals surface area contributed by atoms with Gasteiger partial charge in [0.25, 0.3) is 11.6 Å². The van der Waals surface area contributed by atoms with Gasteiger partial charge >= 0.3 is 0 Å². The number of nitrogens with one attached hydrogen (secondary N) is 1. The first-order chi connectivity index (χ1) is 11.8. The highest BCUT2D eigenvalue weighted by atomic mass is 31.0. The number of alkyl halides is 2. The van der Waals surface area contributed by atoms with Crippen LogP contribution in [0.5, 0.6) is 0 Å². The normalized spacial score (nSPS) is 11.7. The summed E-state index contributed by atoms with van der Waals surface area (Å²) in [5, 5.41) is 6.66. The summed E-state index contributed by atoms with van der Waals surface area (Å²) >= 11 is 0. The van der Waals surface area contributed by atoms with E-state index in [1.54, 1.807) is 29.8 Å². The zero-order valence-electron chi connectivity index (χ0n) is 13.1. The summed E-state index contributed by atoms with van der Waals surface area (Å²) in [6.45, 7) is 1.75. The molecule has 0 saturated carbocycles. The van der Waals surface area contributed by atoms with E-state index < -0.39 is 23.0 Å². The monoisotopic (exact) mass is 366 g/mol. The summed E-state index contributed by atoms with van der Waals surface area (Å²) in [6.07, 6.45) is 1.57. The SMILES string of the molecule is Cc1cc(C(=O)NCc2ccc(F)c(C(F)(F)P)c2)nc2ccnn12. The summed E-state index contributed by atoms with van der Waals surface area (Å²) in [4.78, 5) is 16.4. The lowest BCUT2D eigenvalue weighted by Gasteiger charge is -2.13. The molecule has 9 heteroatoms. The maximum atomic E-state index is 13.5. The fourth-order valence-electron chi connectivity index (χ4n) is 2.39. The minimum absolute atomic E-state index is 0.0297. The van der Waals surface area contributed by atoms with Crippen molar-refractivity contribution < 1.29 is 18.0 Å². The van der Waals surface area contributed by atoms with E-state index >= 15 is 0 Å². The molecule has 1 aromatic carbocycles. The van der Waals surface area contributed by atoms with Crippen LogP contribution in [0.2, 0.25) is 0 Å². The zero-order valence-corrected chi connectivity index (χ0v) is 14.3. The maximum absolute atomic E-state index is 13.5. The van der Waals surface area contributed by atoms with E-state index in [4.69, 9.17) is 0 Å². The molecular formula is C16H14F3N4OP. The van der Waals surface area contributed by atoms with Gasteiger partial charge in [-0.3, -0.25) is 4.79 Å². The van der Waals surface area contributed by atoms with Crippen molar-refractivity contribution in [1.29, 1.82) is 0 Å². The zero-order chi connectivity index (χ0) is 18.2. The topological polar surface area (TPSA) is 59.3 Å². The Balaban J connectivity index is 1.78. The number of aromatic nitrogens is 3. The maximum Gasteiger partial charge on any atom is 0.286 e. The Morgan fingerprint density at radius 1 is 1.32 bits per heavy atom. The molecule has 0 aliphatic carbocycles. The van der Waals surface area contributed by atoms with Gasteiger partial charge in [-0.25, -0.2) is 13.9 Å². The van der Waals surface area contributed by atoms with Gasteiger partial charge in [0.15, 0.2) is 5.65 Å². The van der Waals surface area contributed by atoms with Crippen LogP contribution in [0.15, 0.2) is 36.5 Å². The van der Waals surface area contributed by atoms with Crippen molar-refractivity contribution >= 4 is 20.8 Å². The van der Waals surface area contributed by atoms with Gasteiger partial charge in [0.1, 0.15) is 11.5 Å². The van der Waals surface area contributed by atoms with Crippen LogP contribution in [0.1, 0.15) is 27.3 Å². The molecule has 0 aliphatic heterocycles. The first-order valence-electron chi connectivity index (χ1n) is 7.31. The summed E-state index contributed by atoms with van der Waals surface area (Å²) in [6, 6.07) is 6.56. The smallest absolute Gasteiger partial charge is 0.286 e. The Labute approximate surface area is 143 Å². The van der Waals surface area contributed by atoms with Crippen LogP contribution in [0.4, 0.5) is 13.2 Å². The third-order valence-electron chi connectivity index (χ3n) is 3.61. The number of benzene rings is 1. The predicted molar refractivity (Wildman–Crippen MR) is 88.9 cm³/mol. The molecule has 130 valence electrons. The van der Waals surface area contributed by atoms with Gasteiger partial charge in [-0.1, -0.05) is 15.3 Å². The van der Waals surface area contributed by atoms with E-state index in [1.165, 1.54) is 15.3 Å². The fourth-order valence-corrected chi connectivity index (χ4v) is 2.62. The molecule has 3 aromatic rings. The Hall–Kier alpha value is -2.47. The minimum Gasteiger partial charge on any atom is -0.347 e. The van der Waals surface area contributed by atoms with Gasteiger partial charge in [-0.15, -0.1) is 0 Å². The molecule has 1 N–H and O–H groups in total. The number of nitrogens with zero attached hydrogens (tertiary/aromatic N) is 3. The fraction of sp³-hybridized carbons (Fsp3) is 0.188. The average Bonchev–Trinajstić information content (AvgIpc) is 3.01. The molecule has 3 rings (SSSR count). The van der Waals surface area contributed by atoms with Crippen molar-refractivity contribution in [1.82, 2.24) is 19.9 Å². The van der Waals surface area contributed by atoms with E-state index in [-0.39, 0.29) is 12.2 Å². The summed E-state index contributed by atoms with van der Waals surface area (Å²) in [5.41, 5.74) is -2.32. The first-order valence-corrected chi connectivity index (χ1v) is 7.88. The van der Waals surface area contributed by atoms with Crippen molar-refractivity contribution in [3.8, 4) is 0 Å². The molecule has 2 heterocycles. The lowest BCUT2D eigenvalue weighted by Crippen LogP contribution is -2.24. The molecule has 0 saturated heterocycles. The highest BCUT2D eigenvalue weighted by molar-refractivity contribution is 7.17. The second-order valence-corrected chi connectivity index (χ2v) is 6.23. The van der Waals surface area contributed by atoms with E-state index in [2.05, 4.69) is 15.4 Å². The van der Waals surface area contributed by atoms with Crippen LogP contribution in [0.25, 0.3) is 5.65 Å². The molecule has 1 amide bonds. The highest BCUT2D eigenvalue weighted by Crippen LogP contribution is 2.36. The molecular weight excluding hydrogens is 352 g/mol. The molecule has 0 fully saturated rings. The molecule has 0 radical (unpaired) electrons. The van der Waals surface area contributed by atoms with Gasteiger partial charge in [-0.05, 0) is 30.7 Å². The summed E-state index contributed by atoms with van der Waals surface area (Å²) in [5.74, 6) is -1.46. The standard InChI is InChI=1S/C16H14F3N4OP/c1-9-6-13(22-14-4-5-21-23(9)14)15(24)20-8-10-2-3-12(17)11(7-10)16(18,19)25/h2-7H,8,25H2,1H3,(H,20,24). The number of amides is 1. The average molecular weight is 366 g/mol. The molecule has 2 aromatic heterocycles. The highest BCUT2D eigenvalue weighted by Gasteiger charge is 2.28. The van der Waals surface area contributed by atoms with Crippen molar-refractivity contribution in [3.05, 3.63) is 64.9 Å². The van der Waals surface area contributed by atoms with Crippen LogP contribution in [-0.4, -0.2) is 20.5 Å². The number of fused-ring (bicyclic) bond motifs is 1. The first kappa shape index (κ1) is 17.4. The summed E-state index contributed by atoms with van der Waals surface area (Å²) in [7, 11) is 1.30. The number of carbonyl (C=O) groups is 1. The van der Waals surface area contributed by atoms with E-state index in [9.17, 15) is 18.0 Å². The van der Waals surface area contributed by atoms with Crippen LogP contribution >= 0.6 is 9.24 Å². The Morgan fingerprint density at radius 2 is 2.08 bits per heavy atom. The van der Waals surface area contributed by atoms with E-state index in [0.717, 1.165) is 17.8 Å². The lowest BCUT2D eigenvalue weighted by atomic mass is 10.1. The summed E-state index contributed by atoms with van der Waals surface area (Å²) < 4.78 is 41.8. The molecule has 5 nitrogen and oxygen atoms in total. The van der Waals surface area contributed by atoms with Gasteiger partial charge in [-0.2, -0.15) is 13.9 Å². The van der Waals surface area contributed by atoms with Crippen molar-refractivity contribution in [2.24, 2.45) is 0 Å². The Bertz CT molecular complexity index is 952. The van der Waals surface area contributed by atoms with Crippen molar-refractivity contribution in [3.63, 3.8) is 0 Å². The predicted octanol–water partition coefficient (Wildman–Crippen LogP) is 3.03. The number of rotatable bonds is 4. The molecule has 1 unspecified atom stereocenters. The number of aryl methyl sites for hydroxylation is 1. The van der Waals surface area contributed by atoms with Crippen molar-refractivity contribution in [2.75, 3.05) is 0 Å². The molecule has 0 bridgehead atoms. The number of carbonyl (C=O) groups excluding carboxylic acids is 1. The van der Waals surface area contributed by atoms with Crippen LogP contribution in [0.3, 0.4) is 0 Å². The Morgan fingerprint density at radius 3 is 2.80 bits per heavy atom. The third-order valence-corrected chi connectivity index (χ3v) is 3.92. The number of halogens is 3. The minimum atomic E-state index is -3.38. The number of hydrogen-bond acceptors (Lipinski definition) is 3. The van der Waals surface area contributed by atoms with Crippen LogP contribution < -0.4 is 5.32 Å². The number of hydrogen-bond donors (Lipinski definition) is 1. The largest absolute Gasteiger partial charge is 0.347 e.